The van der Waals surface area contributed by atoms with Crippen LogP contribution in [-0.2, 0) is 16.0 Å². The van der Waals surface area contributed by atoms with Crippen LogP contribution in [0, 0.1) is 19.7 Å². The lowest BCUT2D eigenvalue weighted by atomic mass is 10.1. The summed E-state index contributed by atoms with van der Waals surface area (Å²) in [5, 5.41) is 0.277. The molecule has 0 N–H and O–H groups in total. The zero-order chi connectivity index (χ0) is 22.0. The quantitative estimate of drug-likeness (QED) is 0.385. The van der Waals surface area contributed by atoms with Crippen LogP contribution in [-0.4, -0.2) is 22.1 Å². The van der Waals surface area contributed by atoms with Gasteiger partial charge in [-0.1, -0.05) is 22.9 Å². The maximum atomic E-state index is 14.6. The van der Waals surface area contributed by atoms with Gasteiger partial charge in [0.05, 0.1) is 23.2 Å². The van der Waals surface area contributed by atoms with Gasteiger partial charge < -0.3 is 4.74 Å². The number of carbonyl (C=O) groups excluding carboxylic acids is 1. The highest BCUT2D eigenvalue weighted by molar-refractivity contribution is 9.10. The summed E-state index contributed by atoms with van der Waals surface area (Å²) in [6.45, 7) is 7.68. The molecule has 0 aliphatic carbocycles. The van der Waals surface area contributed by atoms with Gasteiger partial charge in [0.25, 0.3) is 5.56 Å². The summed E-state index contributed by atoms with van der Waals surface area (Å²) in [6.07, 6.45) is 2.95. The first-order valence-electron chi connectivity index (χ1n) is 9.63. The van der Waals surface area contributed by atoms with Crippen molar-refractivity contribution in [1.29, 1.82) is 0 Å². The van der Waals surface area contributed by atoms with E-state index in [9.17, 15) is 14.0 Å². The zero-order valence-corrected chi connectivity index (χ0v) is 18.8. The normalized spacial score (nSPS) is 11.4. The third-order valence-corrected chi connectivity index (χ3v) is 5.20. The van der Waals surface area contributed by atoms with Gasteiger partial charge in [0.15, 0.2) is 0 Å². The van der Waals surface area contributed by atoms with Crippen molar-refractivity contribution in [2.45, 2.75) is 34.1 Å². The fraction of sp³-hybridized carbons (Fsp3) is 0.261. The van der Waals surface area contributed by atoms with E-state index in [2.05, 4.69) is 20.9 Å². The fourth-order valence-corrected chi connectivity index (χ4v) is 4.16. The Morgan fingerprint density at radius 3 is 2.47 bits per heavy atom. The van der Waals surface area contributed by atoms with Gasteiger partial charge in [-0.15, -0.1) is 0 Å². The van der Waals surface area contributed by atoms with Crippen molar-refractivity contribution in [1.82, 2.24) is 9.55 Å². The highest BCUT2D eigenvalue weighted by Crippen LogP contribution is 2.25. The minimum Gasteiger partial charge on any atom is -0.463 e. The second-order valence-electron chi connectivity index (χ2n) is 6.89. The molecule has 0 saturated heterocycles. The number of hydrogen-bond donors (Lipinski definition) is 0. The Balaban J connectivity index is 2.28. The van der Waals surface area contributed by atoms with Crippen LogP contribution in [0.5, 0.6) is 0 Å². The SMILES string of the molecule is CCOC(=O)C=Cc1cc2c(=O)n(-c3c(C)cc(Br)cc3C)c(CC)nc2cc1F. The number of ether oxygens (including phenoxy) is 1. The average Bonchev–Trinajstić information content (AvgIpc) is 2.67. The third kappa shape index (κ3) is 4.21. The van der Waals surface area contributed by atoms with E-state index in [4.69, 9.17) is 4.74 Å². The van der Waals surface area contributed by atoms with E-state index in [0.717, 1.165) is 27.4 Å². The van der Waals surface area contributed by atoms with E-state index >= 15 is 0 Å². The van der Waals surface area contributed by atoms with Crippen LogP contribution in [0.15, 0.2) is 39.6 Å². The van der Waals surface area contributed by atoms with Gasteiger partial charge in [-0.05, 0) is 56.2 Å². The molecule has 3 aromatic rings. The number of benzene rings is 2. The van der Waals surface area contributed by atoms with Crippen molar-refractivity contribution in [2.75, 3.05) is 6.61 Å². The van der Waals surface area contributed by atoms with Gasteiger partial charge in [0.2, 0.25) is 0 Å². The molecule has 30 heavy (non-hydrogen) atoms. The number of hydrogen-bond acceptors (Lipinski definition) is 4. The second-order valence-corrected chi connectivity index (χ2v) is 7.80. The van der Waals surface area contributed by atoms with Crippen LogP contribution in [0.4, 0.5) is 4.39 Å². The molecule has 5 nitrogen and oxygen atoms in total. The largest absolute Gasteiger partial charge is 0.463 e. The molecule has 0 radical (unpaired) electrons. The standard InChI is InChI=1S/C23H22BrFN2O3/c1-5-20-26-19-12-18(25)15(7-8-21(28)30-6-2)11-17(19)23(29)27(20)22-13(3)9-16(24)10-14(22)4/h7-12H,5-6H2,1-4H3. The molecule has 0 amide bonds. The van der Waals surface area contributed by atoms with E-state index in [1.807, 2.05) is 32.9 Å². The number of fused-ring (bicyclic) bond motifs is 1. The van der Waals surface area contributed by atoms with Crippen LogP contribution in [0.3, 0.4) is 0 Å². The molecule has 1 aromatic heterocycles. The van der Waals surface area contributed by atoms with Crippen molar-refractivity contribution in [3.63, 3.8) is 0 Å². The smallest absolute Gasteiger partial charge is 0.330 e. The maximum absolute atomic E-state index is 14.6. The Kier molecular flexibility index (Phi) is 6.51. The summed E-state index contributed by atoms with van der Waals surface area (Å²) in [4.78, 5) is 29.6. The number of halogens is 2. The lowest BCUT2D eigenvalue weighted by Gasteiger charge is -2.17. The van der Waals surface area contributed by atoms with Crippen LogP contribution >= 0.6 is 15.9 Å². The van der Waals surface area contributed by atoms with Gasteiger partial charge in [-0.3, -0.25) is 9.36 Å². The molecule has 0 atom stereocenters. The summed E-state index contributed by atoms with van der Waals surface area (Å²) in [5.41, 5.74) is 2.73. The van der Waals surface area contributed by atoms with E-state index in [0.29, 0.717) is 12.2 Å². The molecular weight excluding hydrogens is 451 g/mol. The minimum atomic E-state index is -0.574. The van der Waals surface area contributed by atoms with Crippen LogP contribution < -0.4 is 5.56 Å². The summed E-state index contributed by atoms with van der Waals surface area (Å²) in [5.74, 6) is -0.587. The maximum Gasteiger partial charge on any atom is 0.330 e. The minimum absolute atomic E-state index is 0.120. The predicted molar refractivity (Wildman–Crippen MR) is 120 cm³/mol. The molecule has 156 valence electrons. The Morgan fingerprint density at radius 2 is 1.87 bits per heavy atom. The second kappa shape index (κ2) is 8.92. The summed E-state index contributed by atoms with van der Waals surface area (Å²) >= 11 is 3.48. The molecule has 0 saturated carbocycles. The van der Waals surface area contributed by atoms with Gasteiger partial charge in [-0.2, -0.15) is 0 Å². The first kappa shape index (κ1) is 21.9. The number of aromatic nitrogens is 2. The van der Waals surface area contributed by atoms with Crippen molar-refractivity contribution in [2.24, 2.45) is 0 Å². The van der Waals surface area contributed by atoms with Gasteiger partial charge in [-0.25, -0.2) is 14.2 Å². The van der Waals surface area contributed by atoms with Crippen molar-refractivity contribution >= 4 is 38.9 Å². The summed E-state index contributed by atoms with van der Waals surface area (Å²) in [7, 11) is 0. The Bertz CT molecular complexity index is 1210. The van der Waals surface area contributed by atoms with E-state index < -0.39 is 11.8 Å². The van der Waals surface area contributed by atoms with Gasteiger partial charge in [0, 0.05) is 28.6 Å². The molecule has 0 bridgehead atoms. The molecule has 0 aliphatic rings. The lowest BCUT2D eigenvalue weighted by molar-refractivity contribution is -0.137. The lowest BCUT2D eigenvalue weighted by Crippen LogP contribution is -2.25. The zero-order valence-electron chi connectivity index (χ0n) is 17.3. The van der Waals surface area contributed by atoms with Gasteiger partial charge in [0.1, 0.15) is 11.6 Å². The summed E-state index contributed by atoms with van der Waals surface area (Å²) < 4.78 is 21.9. The number of rotatable bonds is 5. The van der Waals surface area contributed by atoms with Crippen molar-refractivity contribution in [3.05, 3.63) is 73.5 Å². The molecule has 0 spiro atoms. The average molecular weight is 473 g/mol. The first-order chi connectivity index (χ1) is 14.3. The molecule has 0 aliphatic heterocycles. The molecule has 1 heterocycles. The Labute approximate surface area is 182 Å². The highest BCUT2D eigenvalue weighted by Gasteiger charge is 2.17. The fourth-order valence-electron chi connectivity index (χ4n) is 3.47. The summed E-state index contributed by atoms with van der Waals surface area (Å²) in [6, 6.07) is 6.54. The number of aryl methyl sites for hydroxylation is 3. The van der Waals surface area contributed by atoms with E-state index in [1.54, 1.807) is 11.5 Å². The number of esters is 1. The molecule has 0 unspecified atom stereocenters. The predicted octanol–water partition coefficient (Wildman–Crippen LogP) is 5.04. The van der Waals surface area contributed by atoms with Crippen LogP contribution in [0.25, 0.3) is 22.7 Å². The third-order valence-electron chi connectivity index (χ3n) is 4.74. The molecule has 3 rings (SSSR count). The molecule has 0 fully saturated rings. The van der Waals surface area contributed by atoms with Crippen molar-refractivity contribution < 1.29 is 13.9 Å². The first-order valence-corrected chi connectivity index (χ1v) is 10.4. The van der Waals surface area contributed by atoms with Gasteiger partial charge >= 0.3 is 5.97 Å². The Morgan fingerprint density at radius 1 is 1.20 bits per heavy atom. The van der Waals surface area contributed by atoms with Crippen molar-refractivity contribution in [3.8, 4) is 5.69 Å². The molecule has 7 heteroatoms. The Hall–Kier alpha value is -2.80. The van der Waals surface area contributed by atoms with Crippen LogP contribution in [0.1, 0.15) is 36.4 Å². The highest BCUT2D eigenvalue weighted by atomic mass is 79.9. The van der Waals surface area contributed by atoms with E-state index in [-0.39, 0.29) is 28.6 Å². The van der Waals surface area contributed by atoms with Crippen LogP contribution in [0.2, 0.25) is 0 Å². The topological polar surface area (TPSA) is 61.2 Å². The monoisotopic (exact) mass is 472 g/mol. The molecular formula is C23H22BrFN2O3. The number of carbonyl (C=O) groups is 1. The molecule has 2 aromatic carbocycles. The van der Waals surface area contributed by atoms with E-state index in [1.165, 1.54) is 18.2 Å². The number of nitrogens with zero attached hydrogens (tertiary/aromatic N) is 2.